The van der Waals surface area contributed by atoms with E-state index in [0.717, 1.165) is 22.3 Å². The van der Waals surface area contributed by atoms with Gasteiger partial charge in [-0.1, -0.05) is 36.4 Å². The molecule has 0 saturated heterocycles. The number of hydrogen-bond acceptors (Lipinski definition) is 4. The molecule has 0 saturated carbocycles. The molecule has 0 N–H and O–H groups in total. The molecule has 4 rings (SSSR count). The van der Waals surface area contributed by atoms with Gasteiger partial charge in [-0.05, 0) is 67.0 Å². The highest BCUT2D eigenvalue weighted by Crippen LogP contribution is 2.19. The zero-order valence-corrected chi connectivity index (χ0v) is 18.7. The molecule has 0 radical (unpaired) electrons. The largest absolute Gasteiger partial charge is 0.331 e. The Morgan fingerprint density at radius 2 is 1.61 bits per heavy atom. The van der Waals surface area contributed by atoms with Crippen molar-refractivity contribution in [2.45, 2.75) is 40.3 Å². The van der Waals surface area contributed by atoms with Gasteiger partial charge in [0.2, 0.25) is 0 Å². The van der Waals surface area contributed by atoms with Crippen LogP contribution in [0, 0.1) is 20.8 Å². The molecule has 0 spiro atoms. The van der Waals surface area contributed by atoms with Crippen molar-refractivity contribution in [3.8, 4) is 0 Å². The normalized spacial score (nSPS) is 11.2. The van der Waals surface area contributed by atoms with E-state index in [-0.39, 0.29) is 24.4 Å². The third-order valence-electron chi connectivity index (χ3n) is 5.75. The van der Waals surface area contributed by atoms with Gasteiger partial charge in [-0.3, -0.25) is 18.7 Å². The molecule has 2 heterocycles. The van der Waals surface area contributed by atoms with E-state index in [1.165, 1.54) is 20.5 Å². The summed E-state index contributed by atoms with van der Waals surface area (Å²) in [5, 5.41) is 1.79. The molecule has 0 aliphatic heterocycles. The predicted molar refractivity (Wildman–Crippen MR) is 125 cm³/mol. The summed E-state index contributed by atoms with van der Waals surface area (Å²) in [6.07, 6.45) is 0.567. The molecule has 0 amide bonds. The number of benzene rings is 2. The van der Waals surface area contributed by atoms with Crippen LogP contribution in [0.4, 0.5) is 0 Å². The Labute approximate surface area is 184 Å². The average Bonchev–Trinajstić information content (AvgIpc) is 3.24. The van der Waals surface area contributed by atoms with Crippen LogP contribution in [0.5, 0.6) is 0 Å². The molecule has 0 atom stereocenters. The van der Waals surface area contributed by atoms with Crippen molar-refractivity contribution in [1.29, 1.82) is 0 Å². The van der Waals surface area contributed by atoms with E-state index in [4.69, 9.17) is 0 Å². The van der Waals surface area contributed by atoms with Crippen LogP contribution in [0.1, 0.15) is 32.6 Å². The lowest BCUT2D eigenvalue weighted by molar-refractivity contribution is 0.0970. The second kappa shape index (κ2) is 8.47. The first kappa shape index (κ1) is 21.0. The number of fused-ring (bicyclic) bond motifs is 1. The van der Waals surface area contributed by atoms with Crippen LogP contribution < -0.4 is 11.2 Å². The summed E-state index contributed by atoms with van der Waals surface area (Å²) in [5.74, 6) is -0.136. The number of aryl methyl sites for hydroxylation is 4. The minimum Gasteiger partial charge on any atom is -0.292 e. The van der Waals surface area contributed by atoms with Crippen molar-refractivity contribution in [2.24, 2.45) is 0 Å². The highest BCUT2D eigenvalue weighted by atomic mass is 32.1. The van der Waals surface area contributed by atoms with Gasteiger partial charge in [0.25, 0.3) is 5.56 Å². The molecule has 5 nitrogen and oxygen atoms in total. The molecule has 0 bridgehead atoms. The number of thiophene rings is 1. The van der Waals surface area contributed by atoms with Crippen molar-refractivity contribution >= 4 is 27.3 Å². The van der Waals surface area contributed by atoms with E-state index < -0.39 is 5.69 Å². The number of carbonyl (C=O) groups excluding carboxylic acids is 1. The van der Waals surface area contributed by atoms with Gasteiger partial charge in [0.15, 0.2) is 5.78 Å². The number of Topliss-reactive ketones (excluding diaryl/α,β-unsaturated/α-hetero) is 1. The van der Waals surface area contributed by atoms with Crippen molar-refractivity contribution in [3.63, 3.8) is 0 Å². The molecule has 2 aromatic heterocycles. The van der Waals surface area contributed by atoms with Crippen molar-refractivity contribution in [2.75, 3.05) is 0 Å². The fourth-order valence-corrected chi connectivity index (χ4v) is 4.70. The Balaban J connectivity index is 1.75. The molecule has 158 valence electrons. The third kappa shape index (κ3) is 4.03. The summed E-state index contributed by atoms with van der Waals surface area (Å²) in [5.41, 5.74) is 4.49. The van der Waals surface area contributed by atoms with Crippen LogP contribution >= 0.6 is 11.3 Å². The fourth-order valence-electron chi connectivity index (χ4n) is 3.86. The summed E-state index contributed by atoms with van der Waals surface area (Å²) < 4.78 is 3.19. The first-order valence-corrected chi connectivity index (χ1v) is 11.1. The monoisotopic (exact) mass is 432 g/mol. The van der Waals surface area contributed by atoms with E-state index in [0.29, 0.717) is 22.2 Å². The van der Waals surface area contributed by atoms with Crippen LogP contribution in [0.3, 0.4) is 0 Å². The van der Waals surface area contributed by atoms with Gasteiger partial charge in [-0.25, -0.2) is 4.79 Å². The molecule has 2 aromatic carbocycles. The molecular weight excluding hydrogens is 408 g/mol. The number of carbonyl (C=O) groups is 1. The highest BCUT2D eigenvalue weighted by molar-refractivity contribution is 7.17. The van der Waals surface area contributed by atoms with E-state index in [1.54, 1.807) is 11.4 Å². The zero-order chi connectivity index (χ0) is 22.1. The lowest BCUT2D eigenvalue weighted by Crippen LogP contribution is -2.41. The van der Waals surface area contributed by atoms with Gasteiger partial charge in [-0.15, -0.1) is 11.3 Å². The maximum Gasteiger partial charge on any atom is 0.331 e. The molecule has 6 heteroatoms. The fraction of sp³-hybridized carbons (Fsp3) is 0.240. The van der Waals surface area contributed by atoms with Gasteiger partial charge in [0.05, 0.1) is 12.1 Å². The van der Waals surface area contributed by atoms with Crippen molar-refractivity contribution in [1.82, 2.24) is 9.13 Å². The highest BCUT2D eigenvalue weighted by Gasteiger charge is 2.18. The lowest BCUT2D eigenvalue weighted by atomic mass is 9.98. The standard InChI is InChI=1S/C25H24N2O3S/c1-16-13-18(3)20(14-17(16)2)22(28)15-27-21-10-12-31-23(21)24(29)26(25(27)30)11-9-19-7-5-4-6-8-19/h4-8,10,12-14H,9,11,15H2,1-3H3. The maximum atomic E-state index is 13.3. The Kier molecular flexibility index (Phi) is 5.74. The Morgan fingerprint density at radius 1 is 0.903 bits per heavy atom. The van der Waals surface area contributed by atoms with E-state index >= 15 is 0 Å². The first-order valence-electron chi connectivity index (χ1n) is 10.2. The first-order chi connectivity index (χ1) is 14.9. The van der Waals surface area contributed by atoms with Gasteiger partial charge in [0, 0.05) is 12.1 Å². The maximum absolute atomic E-state index is 13.3. The number of hydrogen-bond donors (Lipinski definition) is 0. The summed E-state index contributed by atoms with van der Waals surface area (Å²) >= 11 is 1.30. The molecule has 31 heavy (non-hydrogen) atoms. The second-order valence-electron chi connectivity index (χ2n) is 7.87. The molecular formula is C25H24N2O3S. The van der Waals surface area contributed by atoms with Gasteiger partial charge in [-0.2, -0.15) is 0 Å². The molecule has 0 aliphatic carbocycles. The summed E-state index contributed by atoms with van der Waals surface area (Å²) in [6.45, 7) is 6.06. The van der Waals surface area contributed by atoms with Gasteiger partial charge >= 0.3 is 5.69 Å². The Bertz CT molecular complexity index is 1390. The molecule has 4 aromatic rings. The van der Waals surface area contributed by atoms with Gasteiger partial charge in [0.1, 0.15) is 4.70 Å². The van der Waals surface area contributed by atoms with Crippen molar-refractivity contribution in [3.05, 3.63) is 103 Å². The van der Waals surface area contributed by atoms with Crippen molar-refractivity contribution < 1.29 is 4.79 Å². The summed E-state index contributed by atoms with van der Waals surface area (Å²) in [4.78, 5) is 39.4. The molecule has 0 fully saturated rings. The average molecular weight is 433 g/mol. The topological polar surface area (TPSA) is 61.1 Å². The lowest BCUT2D eigenvalue weighted by Gasteiger charge is -2.13. The van der Waals surface area contributed by atoms with E-state index in [1.807, 2.05) is 63.2 Å². The van der Waals surface area contributed by atoms with Crippen LogP contribution in [-0.2, 0) is 19.5 Å². The minimum absolute atomic E-state index is 0.0962. The van der Waals surface area contributed by atoms with Gasteiger partial charge < -0.3 is 0 Å². The second-order valence-corrected chi connectivity index (χ2v) is 8.79. The number of nitrogens with zero attached hydrogens (tertiary/aromatic N) is 2. The zero-order valence-electron chi connectivity index (χ0n) is 17.8. The van der Waals surface area contributed by atoms with E-state index in [2.05, 4.69) is 0 Å². The summed E-state index contributed by atoms with van der Waals surface area (Å²) in [6, 6.07) is 15.4. The smallest absolute Gasteiger partial charge is 0.292 e. The van der Waals surface area contributed by atoms with Crippen LogP contribution in [0.15, 0.2) is 63.5 Å². The van der Waals surface area contributed by atoms with Crippen LogP contribution in [-0.4, -0.2) is 14.9 Å². The minimum atomic E-state index is -0.443. The summed E-state index contributed by atoms with van der Waals surface area (Å²) in [7, 11) is 0. The SMILES string of the molecule is Cc1cc(C)c(C(=O)Cn2c(=O)n(CCc3ccccc3)c(=O)c3sccc32)cc1C. The predicted octanol–water partition coefficient (Wildman–Crippen LogP) is 4.28. The molecule has 0 unspecified atom stereocenters. The third-order valence-corrected chi connectivity index (χ3v) is 6.64. The quantitative estimate of drug-likeness (QED) is 0.428. The number of ketones is 1. The van der Waals surface area contributed by atoms with E-state index in [9.17, 15) is 14.4 Å². The van der Waals surface area contributed by atoms with Crippen LogP contribution in [0.25, 0.3) is 10.2 Å². The number of rotatable bonds is 6. The Hall–Kier alpha value is -3.25. The van der Waals surface area contributed by atoms with Crippen LogP contribution in [0.2, 0.25) is 0 Å². The molecule has 0 aliphatic rings. The Morgan fingerprint density at radius 3 is 2.35 bits per heavy atom. The number of aromatic nitrogens is 2.